The standard InChI is InChI=1S/C24H21ClN6O3/c25-18-10-17(11-20(12-18)28-24(33)34-14-15-4-2-1-3-5-15)23(32)27-19-8-6-16(7-9-19)22-29-21(13-26)30-31-22/h1-12H,13-14,26H2,(H,27,32)(H,28,33)(H,29,30,31). The third-order valence-electron chi connectivity index (χ3n) is 4.75. The molecule has 10 heteroatoms. The first-order valence-electron chi connectivity index (χ1n) is 10.3. The molecule has 0 bridgehead atoms. The van der Waals surface area contributed by atoms with E-state index in [4.69, 9.17) is 22.1 Å². The van der Waals surface area contributed by atoms with Crippen molar-refractivity contribution in [3.63, 3.8) is 0 Å². The lowest BCUT2D eigenvalue weighted by Gasteiger charge is -2.10. The van der Waals surface area contributed by atoms with E-state index in [1.54, 1.807) is 24.3 Å². The van der Waals surface area contributed by atoms with Gasteiger partial charge in [-0.25, -0.2) is 9.78 Å². The van der Waals surface area contributed by atoms with Crippen molar-refractivity contribution < 1.29 is 14.3 Å². The number of ether oxygens (including phenoxy) is 1. The van der Waals surface area contributed by atoms with Crippen LogP contribution in [0.2, 0.25) is 5.02 Å². The molecule has 5 N–H and O–H groups in total. The van der Waals surface area contributed by atoms with E-state index in [0.29, 0.717) is 28.0 Å². The Morgan fingerprint density at radius 2 is 1.74 bits per heavy atom. The van der Waals surface area contributed by atoms with Crippen LogP contribution in [-0.2, 0) is 17.9 Å². The minimum Gasteiger partial charge on any atom is -0.444 e. The number of benzene rings is 3. The van der Waals surface area contributed by atoms with Gasteiger partial charge in [0.15, 0.2) is 5.82 Å². The maximum absolute atomic E-state index is 12.8. The number of anilines is 2. The summed E-state index contributed by atoms with van der Waals surface area (Å²) in [6.07, 6.45) is -0.655. The van der Waals surface area contributed by atoms with Crippen molar-refractivity contribution in [3.8, 4) is 11.4 Å². The van der Waals surface area contributed by atoms with E-state index in [1.165, 1.54) is 18.2 Å². The highest BCUT2D eigenvalue weighted by molar-refractivity contribution is 6.31. The minimum absolute atomic E-state index is 0.123. The molecule has 34 heavy (non-hydrogen) atoms. The van der Waals surface area contributed by atoms with Crippen molar-refractivity contribution in [1.82, 2.24) is 15.2 Å². The Kier molecular flexibility index (Phi) is 7.16. The summed E-state index contributed by atoms with van der Waals surface area (Å²) in [5, 5.41) is 12.5. The van der Waals surface area contributed by atoms with Crippen LogP contribution in [0.15, 0.2) is 72.8 Å². The molecule has 0 saturated carbocycles. The molecule has 0 aliphatic rings. The third kappa shape index (κ3) is 5.97. The van der Waals surface area contributed by atoms with Gasteiger partial charge in [-0.2, -0.15) is 5.10 Å². The van der Waals surface area contributed by atoms with Gasteiger partial charge in [-0.3, -0.25) is 15.2 Å². The number of amides is 2. The van der Waals surface area contributed by atoms with Gasteiger partial charge in [-0.15, -0.1) is 0 Å². The Labute approximate surface area is 200 Å². The number of halogens is 1. The summed E-state index contributed by atoms with van der Waals surface area (Å²) in [6.45, 7) is 0.389. The number of hydrogen-bond donors (Lipinski definition) is 4. The SMILES string of the molecule is NCc1nc(-c2ccc(NC(=O)c3cc(Cl)cc(NC(=O)OCc4ccccc4)c3)cc2)n[nH]1. The lowest BCUT2D eigenvalue weighted by atomic mass is 10.1. The van der Waals surface area contributed by atoms with Crippen molar-refractivity contribution in [3.05, 3.63) is 94.8 Å². The van der Waals surface area contributed by atoms with E-state index in [1.807, 2.05) is 30.3 Å². The Morgan fingerprint density at radius 1 is 0.971 bits per heavy atom. The Balaban J connectivity index is 1.38. The van der Waals surface area contributed by atoms with E-state index in [9.17, 15) is 9.59 Å². The Hall–Kier alpha value is -4.21. The molecule has 4 rings (SSSR count). The summed E-state index contributed by atoms with van der Waals surface area (Å²) in [5.41, 5.74) is 8.36. The molecule has 0 radical (unpaired) electrons. The highest BCUT2D eigenvalue weighted by atomic mass is 35.5. The number of carbonyl (C=O) groups is 2. The highest BCUT2D eigenvalue weighted by Gasteiger charge is 2.12. The summed E-state index contributed by atoms with van der Waals surface area (Å²) in [4.78, 5) is 29.2. The predicted molar refractivity (Wildman–Crippen MR) is 129 cm³/mol. The fourth-order valence-corrected chi connectivity index (χ4v) is 3.33. The van der Waals surface area contributed by atoms with Gasteiger partial charge in [0, 0.05) is 27.5 Å². The Bertz CT molecular complexity index is 1290. The van der Waals surface area contributed by atoms with E-state index in [-0.39, 0.29) is 24.6 Å². The van der Waals surface area contributed by atoms with Crippen molar-refractivity contribution in [2.75, 3.05) is 10.6 Å². The van der Waals surface area contributed by atoms with Gasteiger partial charge in [0.25, 0.3) is 5.91 Å². The zero-order valence-corrected chi connectivity index (χ0v) is 18.7. The molecule has 0 aliphatic heterocycles. The average Bonchev–Trinajstić information content (AvgIpc) is 3.33. The number of aromatic amines is 1. The molecule has 0 saturated heterocycles. The van der Waals surface area contributed by atoms with E-state index >= 15 is 0 Å². The van der Waals surface area contributed by atoms with Crippen molar-refractivity contribution in [1.29, 1.82) is 0 Å². The van der Waals surface area contributed by atoms with Gasteiger partial charge in [0.1, 0.15) is 12.4 Å². The van der Waals surface area contributed by atoms with Crippen LogP contribution in [0.5, 0.6) is 0 Å². The van der Waals surface area contributed by atoms with Gasteiger partial charge in [0.2, 0.25) is 0 Å². The molecule has 3 aromatic carbocycles. The zero-order valence-electron chi connectivity index (χ0n) is 17.9. The molecular weight excluding hydrogens is 456 g/mol. The van der Waals surface area contributed by atoms with Gasteiger partial charge in [-0.1, -0.05) is 41.9 Å². The second-order valence-corrected chi connectivity index (χ2v) is 7.69. The molecule has 0 spiro atoms. The van der Waals surface area contributed by atoms with Gasteiger partial charge in [-0.05, 0) is 48.0 Å². The van der Waals surface area contributed by atoms with Gasteiger partial charge >= 0.3 is 6.09 Å². The number of rotatable bonds is 7. The van der Waals surface area contributed by atoms with Crippen molar-refractivity contribution >= 4 is 35.0 Å². The monoisotopic (exact) mass is 476 g/mol. The predicted octanol–water partition coefficient (Wildman–Crippen LogP) is 4.58. The first-order valence-corrected chi connectivity index (χ1v) is 10.7. The topological polar surface area (TPSA) is 135 Å². The lowest BCUT2D eigenvalue weighted by molar-refractivity contribution is 0.102. The van der Waals surface area contributed by atoms with E-state index in [0.717, 1.165) is 11.1 Å². The van der Waals surface area contributed by atoms with Crippen LogP contribution in [-0.4, -0.2) is 27.2 Å². The lowest BCUT2D eigenvalue weighted by Crippen LogP contribution is -2.15. The molecule has 0 atom stereocenters. The summed E-state index contributed by atoms with van der Waals surface area (Å²) in [5.74, 6) is 0.712. The molecule has 0 aliphatic carbocycles. The maximum atomic E-state index is 12.8. The summed E-state index contributed by atoms with van der Waals surface area (Å²) in [6, 6.07) is 20.9. The molecule has 1 heterocycles. The zero-order chi connectivity index (χ0) is 23.9. The van der Waals surface area contributed by atoms with Crippen LogP contribution in [0.4, 0.5) is 16.2 Å². The second-order valence-electron chi connectivity index (χ2n) is 7.26. The molecule has 0 unspecified atom stereocenters. The maximum Gasteiger partial charge on any atom is 0.411 e. The molecule has 2 amide bonds. The van der Waals surface area contributed by atoms with Crippen LogP contribution in [0.25, 0.3) is 11.4 Å². The quantitative estimate of drug-likeness (QED) is 0.308. The molecule has 1 aromatic heterocycles. The minimum atomic E-state index is -0.655. The normalized spacial score (nSPS) is 10.5. The summed E-state index contributed by atoms with van der Waals surface area (Å²) < 4.78 is 5.21. The fraction of sp³-hybridized carbons (Fsp3) is 0.0833. The second kappa shape index (κ2) is 10.6. The summed E-state index contributed by atoms with van der Waals surface area (Å²) >= 11 is 6.16. The first kappa shape index (κ1) is 23.0. The van der Waals surface area contributed by atoms with Crippen molar-refractivity contribution in [2.24, 2.45) is 5.73 Å². The third-order valence-corrected chi connectivity index (χ3v) is 4.96. The largest absolute Gasteiger partial charge is 0.444 e. The number of aromatic nitrogens is 3. The number of nitrogens with two attached hydrogens (primary N) is 1. The van der Waals surface area contributed by atoms with Gasteiger partial charge in [0.05, 0.1) is 6.54 Å². The molecular formula is C24H21ClN6O3. The van der Waals surface area contributed by atoms with Crippen LogP contribution in [0.3, 0.4) is 0 Å². The average molecular weight is 477 g/mol. The van der Waals surface area contributed by atoms with Crippen LogP contribution in [0, 0.1) is 0 Å². The van der Waals surface area contributed by atoms with E-state index in [2.05, 4.69) is 25.8 Å². The highest BCUT2D eigenvalue weighted by Crippen LogP contribution is 2.22. The summed E-state index contributed by atoms with van der Waals surface area (Å²) in [7, 11) is 0. The Morgan fingerprint density at radius 3 is 2.44 bits per heavy atom. The van der Waals surface area contributed by atoms with E-state index < -0.39 is 6.09 Å². The van der Waals surface area contributed by atoms with Crippen LogP contribution < -0.4 is 16.4 Å². The van der Waals surface area contributed by atoms with Crippen LogP contribution in [0.1, 0.15) is 21.7 Å². The number of hydrogen-bond acceptors (Lipinski definition) is 6. The number of nitrogens with zero attached hydrogens (tertiary/aromatic N) is 2. The number of carbonyl (C=O) groups excluding carboxylic acids is 2. The molecule has 9 nitrogen and oxygen atoms in total. The van der Waals surface area contributed by atoms with Gasteiger partial charge < -0.3 is 15.8 Å². The molecule has 172 valence electrons. The van der Waals surface area contributed by atoms with Crippen molar-refractivity contribution in [2.45, 2.75) is 13.2 Å². The molecule has 4 aromatic rings. The fourth-order valence-electron chi connectivity index (χ4n) is 3.09. The first-order chi connectivity index (χ1) is 16.5. The molecule has 0 fully saturated rings. The number of nitrogens with one attached hydrogen (secondary N) is 3. The van der Waals surface area contributed by atoms with Crippen LogP contribution >= 0.6 is 11.6 Å². The smallest absolute Gasteiger partial charge is 0.411 e. The number of H-pyrrole nitrogens is 1.